The van der Waals surface area contributed by atoms with E-state index in [0.29, 0.717) is 24.0 Å². The summed E-state index contributed by atoms with van der Waals surface area (Å²) in [6.07, 6.45) is 1.91. The lowest BCUT2D eigenvalue weighted by molar-refractivity contribution is -0.137. The first-order valence-corrected chi connectivity index (χ1v) is 6.68. The molecule has 3 N–H and O–H groups in total. The van der Waals surface area contributed by atoms with E-state index in [1.807, 2.05) is 0 Å². The van der Waals surface area contributed by atoms with Gasteiger partial charge in [0.15, 0.2) is 0 Å². The Hall–Kier alpha value is -1.43. The highest BCUT2D eigenvalue weighted by atomic mass is 16.6. The molecule has 20 heavy (non-hydrogen) atoms. The molecule has 4 atom stereocenters. The molecule has 5 nitrogen and oxygen atoms in total. The number of hydrogen-bond acceptors (Lipinski definition) is 5. The molecule has 1 fully saturated rings. The monoisotopic (exact) mass is 280 g/mol. The zero-order valence-corrected chi connectivity index (χ0v) is 11.5. The van der Waals surface area contributed by atoms with Crippen molar-refractivity contribution in [2.45, 2.75) is 38.1 Å². The summed E-state index contributed by atoms with van der Waals surface area (Å²) in [5, 5.41) is 29.6. The summed E-state index contributed by atoms with van der Waals surface area (Å²) in [5.41, 5.74) is 1.54. The van der Waals surface area contributed by atoms with Crippen molar-refractivity contribution >= 4 is 5.97 Å². The lowest BCUT2D eigenvalue weighted by Crippen LogP contribution is -2.28. The van der Waals surface area contributed by atoms with Crippen molar-refractivity contribution in [1.82, 2.24) is 0 Å². The fourth-order valence-corrected chi connectivity index (χ4v) is 2.63. The van der Waals surface area contributed by atoms with Crippen molar-refractivity contribution in [3.63, 3.8) is 0 Å². The van der Waals surface area contributed by atoms with Crippen molar-refractivity contribution < 1.29 is 24.9 Å². The molecule has 0 aromatic rings. The second-order valence-electron chi connectivity index (χ2n) is 5.36. The maximum Gasteiger partial charge on any atom is 0.334 e. The first-order valence-electron chi connectivity index (χ1n) is 6.68. The van der Waals surface area contributed by atoms with Crippen LogP contribution in [0.15, 0.2) is 35.5 Å². The predicted octanol–water partition coefficient (Wildman–Crippen LogP) is 0.465. The summed E-state index contributed by atoms with van der Waals surface area (Å²) in [4.78, 5) is 11.6. The number of ether oxygens (including phenoxy) is 1. The Morgan fingerprint density at radius 2 is 2.10 bits per heavy atom. The number of aliphatic hydroxyl groups excluding tert-OH is 3. The number of esters is 1. The van der Waals surface area contributed by atoms with Crippen LogP contribution in [-0.4, -0.2) is 46.2 Å². The first kappa shape index (κ1) is 15.0. The summed E-state index contributed by atoms with van der Waals surface area (Å²) < 4.78 is 5.19. The minimum Gasteiger partial charge on any atom is -0.454 e. The minimum absolute atomic E-state index is 0.189. The van der Waals surface area contributed by atoms with Crippen LogP contribution in [0.4, 0.5) is 0 Å². The Kier molecular flexibility index (Phi) is 4.42. The molecule has 0 radical (unpaired) electrons. The van der Waals surface area contributed by atoms with Crippen LogP contribution >= 0.6 is 0 Å². The zero-order valence-electron chi connectivity index (χ0n) is 11.5. The lowest BCUT2D eigenvalue weighted by atomic mass is 9.86. The maximum atomic E-state index is 11.6. The van der Waals surface area contributed by atoms with Gasteiger partial charge < -0.3 is 20.1 Å². The van der Waals surface area contributed by atoms with Crippen molar-refractivity contribution in [2.24, 2.45) is 5.92 Å². The van der Waals surface area contributed by atoms with Crippen LogP contribution in [0.25, 0.3) is 0 Å². The van der Waals surface area contributed by atoms with Crippen molar-refractivity contribution in [3.8, 4) is 0 Å². The standard InChI is InChI=1S/C15H20O5/c1-8-5-13-14(9(2)15(19)20-13)12(18)6-10(7-16)3-4-11(8)17/h5-6,11-14,16-18H,2-4,7H2,1H3/b8-5+,10-6-/t11-,12+,13-,14-/m0/s1. The van der Waals surface area contributed by atoms with E-state index >= 15 is 0 Å². The van der Waals surface area contributed by atoms with Gasteiger partial charge in [-0.15, -0.1) is 0 Å². The topological polar surface area (TPSA) is 87.0 Å². The van der Waals surface area contributed by atoms with Gasteiger partial charge >= 0.3 is 5.97 Å². The molecule has 0 unspecified atom stereocenters. The van der Waals surface area contributed by atoms with E-state index in [1.165, 1.54) is 6.08 Å². The number of carbonyl (C=O) groups is 1. The second kappa shape index (κ2) is 5.91. The van der Waals surface area contributed by atoms with Gasteiger partial charge in [-0.05, 0) is 37.0 Å². The summed E-state index contributed by atoms with van der Waals surface area (Å²) in [5.74, 6) is -1.11. The van der Waals surface area contributed by atoms with Crippen molar-refractivity contribution in [1.29, 1.82) is 0 Å². The van der Waals surface area contributed by atoms with Gasteiger partial charge in [-0.1, -0.05) is 12.7 Å². The summed E-state index contributed by atoms with van der Waals surface area (Å²) in [6.45, 7) is 5.24. The molecule has 5 heteroatoms. The van der Waals surface area contributed by atoms with Gasteiger partial charge in [-0.2, -0.15) is 0 Å². The van der Waals surface area contributed by atoms with Gasteiger partial charge in [0.2, 0.25) is 0 Å². The Morgan fingerprint density at radius 1 is 1.40 bits per heavy atom. The smallest absolute Gasteiger partial charge is 0.334 e. The zero-order chi connectivity index (χ0) is 14.9. The molecular formula is C15H20O5. The van der Waals surface area contributed by atoms with E-state index in [1.54, 1.807) is 13.0 Å². The molecule has 0 aromatic carbocycles. The normalized spacial score (nSPS) is 40.2. The Bertz CT molecular complexity index is 477. The highest BCUT2D eigenvalue weighted by Crippen LogP contribution is 2.33. The van der Waals surface area contributed by atoms with Gasteiger partial charge in [0.05, 0.1) is 24.7 Å². The van der Waals surface area contributed by atoms with E-state index in [0.717, 1.165) is 0 Å². The summed E-state index contributed by atoms with van der Waals surface area (Å²) >= 11 is 0. The van der Waals surface area contributed by atoms with Gasteiger partial charge in [0, 0.05) is 5.57 Å². The predicted molar refractivity (Wildman–Crippen MR) is 72.7 cm³/mol. The van der Waals surface area contributed by atoms with Crippen LogP contribution in [0.5, 0.6) is 0 Å². The molecule has 0 bridgehead atoms. The Morgan fingerprint density at radius 3 is 2.75 bits per heavy atom. The minimum atomic E-state index is -0.944. The molecule has 0 aromatic heterocycles. The van der Waals surface area contributed by atoms with Crippen LogP contribution in [0.1, 0.15) is 19.8 Å². The van der Waals surface area contributed by atoms with Gasteiger partial charge in [-0.25, -0.2) is 4.79 Å². The summed E-state index contributed by atoms with van der Waals surface area (Å²) in [6, 6.07) is 0. The average molecular weight is 280 g/mol. The largest absolute Gasteiger partial charge is 0.454 e. The third kappa shape index (κ3) is 2.85. The van der Waals surface area contributed by atoms with Crippen molar-refractivity contribution in [3.05, 3.63) is 35.5 Å². The average Bonchev–Trinajstić information content (AvgIpc) is 2.68. The van der Waals surface area contributed by atoms with E-state index in [9.17, 15) is 20.1 Å². The molecule has 1 aliphatic carbocycles. The second-order valence-corrected chi connectivity index (χ2v) is 5.36. The van der Waals surface area contributed by atoms with Gasteiger partial charge in [-0.3, -0.25) is 0 Å². The third-order valence-corrected chi connectivity index (χ3v) is 3.93. The van der Waals surface area contributed by atoms with E-state index in [2.05, 4.69) is 6.58 Å². The number of rotatable bonds is 1. The van der Waals surface area contributed by atoms with Gasteiger partial charge in [0.1, 0.15) is 6.10 Å². The Labute approximate surface area is 117 Å². The fourth-order valence-electron chi connectivity index (χ4n) is 2.63. The number of fused-ring (bicyclic) bond motifs is 1. The van der Waals surface area contributed by atoms with Crippen molar-refractivity contribution in [2.75, 3.05) is 6.61 Å². The molecule has 0 spiro atoms. The third-order valence-electron chi connectivity index (χ3n) is 3.93. The van der Waals surface area contributed by atoms with E-state index in [-0.39, 0.29) is 12.2 Å². The van der Waals surface area contributed by atoms with Crippen LogP contribution in [0.2, 0.25) is 0 Å². The Balaban J connectivity index is 2.40. The SMILES string of the molecule is C=C1C(=O)O[C@H]2/C=C(\C)[C@@H](O)CC/C(CO)=C/[C@@H](O)[C@H]12. The van der Waals surface area contributed by atoms with Gasteiger partial charge in [0.25, 0.3) is 0 Å². The molecule has 2 rings (SSSR count). The molecule has 0 amide bonds. The fraction of sp³-hybridized carbons (Fsp3) is 0.533. The van der Waals surface area contributed by atoms with Crippen LogP contribution < -0.4 is 0 Å². The van der Waals surface area contributed by atoms with Crippen LogP contribution in [-0.2, 0) is 9.53 Å². The molecule has 1 saturated heterocycles. The number of aliphatic hydroxyl groups is 3. The van der Waals surface area contributed by atoms with E-state index < -0.39 is 30.2 Å². The number of hydrogen-bond donors (Lipinski definition) is 3. The highest BCUT2D eigenvalue weighted by molar-refractivity contribution is 5.91. The maximum absolute atomic E-state index is 11.6. The van der Waals surface area contributed by atoms with E-state index in [4.69, 9.17) is 4.74 Å². The van der Waals surface area contributed by atoms with Crippen LogP contribution in [0.3, 0.4) is 0 Å². The summed E-state index contributed by atoms with van der Waals surface area (Å²) in [7, 11) is 0. The highest BCUT2D eigenvalue weighted by Gasteiger charge is 2.41. The first-order chi connectivity index (χ1) is 9.43. The van der Waals surface area contributed by atoms with Crippen LogP contribution in [0, 0.1) is 5.92 Å². The quantitative estimate of drug-likeness (QED) is 0.369. The molecule has 1 aliphatic heterocycles. The molecule has 0 saturated carbocycles. The number of carbonyl (C=O) groups excluding carboxylic acids is 1. The lowest BCUT2D eigenvalue weighted by Gasteiger charge is -2.23. The molecule has 110 valence electrons. The molecule has 2 aliphatic rings. The molecule has 1 heterocycles. The molecular weight excluding hydrogens is 260 g/mol.